The number of benzene rings is 1. The Morgan fingerprint density at radius 3 is 2.56 bits per heavy atom. The number of carbonyl (C=O) groups is 1. The minimum Gasteiger partial charge on any atom is -0.494 e. The number of methoxy groups -OCH3 is 1. The fourth-order valence-electron chi connectivity index (χ4n) is 5.67. The van der Waals surface area contributed by atoms with Crippen LogP contribution in [0.3, 0.4) is 0 Å². The number of piperidine rings is 1. The van der Waals surface area contributed by atoms with Crippen molar-refractivity contribution in [2.75, 3.05) is 13.7 Å². The molecule has 0 aliphatic carbocycles. The molecule has 0 saturated carbocycles. The SMILES string of the molecule is C=C(c1nc2c(OC)c(C)ccc2[nH]1)[C@@H]1C[C@H]2CC[C@@H](C1)N2CC(=O)CCCC(C)(C)C. The van der Waals surface area contributed by atoms with Gasteiger partial charge in [0.15, 0.2) is 0 Å². The van der Waals surface area contributed by atoms with Crippen LogP contribution in [-0.2, 0) is 4.79 Å². The first-order valence-electron chi connectivity index (χ1n) is 12.2. The first-order chi connectivity index (χ1) is 15.2. The zero-order valence-electron chi connectivity index (χ0n) is 20.5. The zero-order chi connectivity index (χ0) is 23.0. The van der Waals surface area contributed by atoms with Crippen LogP contribution in [0.4, 0.5) is 0 Å². The molecule has 1 aromatic heterocycles. The van der Waals surface area contributed by atoms with Crippen LogP contribution >= 0.6 is 0 Å². The van der Waals surface area contributed by atoms with E-state index in [9.17, 15) is 4.79 Å². The minimum atomic E-state index is 0.303. The molecule has 2 fully saturated rings. The Hall–Kier alpha value is -2.14. The number of carbonyl (C=O) groups excluding carboxylic acids is 1. The summed E-state index contributed by atoms with van der Waals surface area (Å²) in [6, 6.07) is 5.10. The van der Waals surface area contributed by atoms with Gasteiger partial charge in [-0.25, -0.2) is 4.98 Å². The predicted octanol–water partition coefficient (Wildman–Crippen LogP) is 5.92. The third-order valence-electron chi connectivity index (χ3n) is 7.43. The second-order valence-corrected chi connectivity index (χ2v) is 11.1. The lowest BCUT2D eigenvalue weighted by atomic mass is 9.84. The van der Waals surface area contributed by atoms with Gasteiger partial charge in [0, 0.05) is 18.5 Å². The number of rotatable bonds is 8. The van der Waals surface area contributed by atoms with Gasteiger partial charge < -0.3 is 9.72 Å². The molecule has 0 amide bonds. The standard InChI is InChI=1S/C27H39N3O2/c1-17-9-12-23-24(25(17)32-6)29-26(28-23)18(2)19-14-20-10-11-21(15-19)30(20)16-22(31)8-7-13-27(3,4)5/h9,12,19-21H,2,7-8,10-11,13-16H2,1,3-6H3,(H,28,29)/t19-,20-,21+. The molecule has 0 spiro atoms. The predicted molar refractivity (Wildman–Crippen MR) is 131 cm³/mol. The third kappa shape index (κ3) is 4.78. The normalized spacial score (nSPS) is 23.6. The summed E-state index contributed by atoms with van der Waals surface area (Å²) >= 11 is 0. The molecule has 2 aliphatic heterocycles. The van der Waals surface area contributed by atoms with Gasteiger partial charge >= 0.3 is 0 Å². The molecule has 0 unspecified atom stereocenters. The molecule has 32 heavy (non-hydrogen) atoms. The van der Waals surface area contributed by atoms with Gasteiger partial charge in [-0.1, -0.05) is 33.4 Å². The number of aromatic amines is 1. The fourth-order valence-corrected chi connectivity index (χ4v) is 5.67. The Morgan fingerprint density at radius 1 is 1.25 bits per heavy atom. The van der Waals surface area contributed by atoms with Gasteiger partial charge in [-0.15, -0.1) is 0 Å². The van der Waals surface area contributed by atoms with Crippen molar-refractivity contribution in [2.45, 2.75) is 84.7 Å². The van der Waals surface area contributed by atoms with Gasteiger partial charge in [-0.3, -0.25) is 9.69 Å². The van der Waals surface area contributed by atoms with Crippen LogP contribution in [0.2, 0.25) is 0 Å². The third-order valence-corrected chi connectivity index (χ3v) is 7.43. The van der Waals surface area contributed by atoms with Gasteiger partial charge in [0.1, 0.15) is 22.9 Å². The number of fused-ring (bicyclic) bond motifs is 3. The van der Waals surface area contributed by atoms with E-state index in [2.05, 4.69) is 49.4 Å². The Kier molecular flexibility index (Phi) is 6.49. The van der Waals surface area contributed by atoms with Crippen molar-refractivity contribution in [3.05, 3.63) is 30.1 Å². The van der Waals surface area contributed by atoms with Crippen molar-refractivity contribution in [1.82, 2.24) is 14.9 Å². The first-order valence-corrected chi connectivity index (χ1v) is 12.2. The molecular weight excluding hydrogens is 398 g/mol. The highest BCUT2D eigenvalue weighted by molar-refractivity contribution is 5.85. The van der Waals surface area contributed by atoms with Crippen LogP contribution in [-0.4, -0.2) is 46.4 Å². The average Bonchev–Trinajstić information content (AvgIpc) is 3.23. The second kappa shape index (κ2) is 9.01. The average molecular weight is 438 g/mol. The highest BCUT2D eigenvalue weighted by atomic mass is 16.5. The monoisotopic (exact) mass is 437 g/mol. The summed E-state index contributed by atoms with van der Waals surface area (Å²) < 4.78 is 5.59. The Bertz CT molecular complexity index is 986. The number of aryl methyl sites for hydroxylation is 1. The molecule has 2 aliphatic rings. The number of nitrogens with one attached hydrogen (secondary N) is 1. The van der Waals surface area contributed by atoms with Crippen molar-refractivity contribution in [1.29, 1.82) is 0 Å². The number of hydrogen-bond donors (Lipinski definition) is 1. The molecule has 3 heterocycles. The number of Topliss-reactive ketones (excluding diaryl/α,β-unsaturated/α-hetero) is 1. The first kappa shape index (κ1) is 23.0. The molecule has 4 rings (SSSR count). The molecular formula is C27H39N3O2. The van der Waals surface area contributed by atoms with Crippen LogP contribution in [0.15, 0.2) is 18.7 Å². The summed E-state index contributed by atoms with van der Waals surface area (Å²) in [5, 5.41) is 0. The van der Waals surface area contributed by atoms with Crippen molar-refractivity contribution in [3.63, 3.8) is 0 Å². The molecule has 0 radical (unpaired) electrons. The van der Waals surface area contributed by atoms with E-state index in [1.807, 2.05) is 6.92 Å². The number of H-pyrrole nitrogens is 1. The molecule has 1 N–H and O–H groups in total. The van der Waals surface area contributed by atoms with E-state index < -0.39 is 0 Å². The van der Waals surface area contributed by atoms with E-state index in [0.717, 1.165) is 59.4 Å². The van der Waals surface area contributed by atoms with Gasteiger partial charge in [-0.05, 0) is 74.0 Å². The molecule has 1 aromatic carbocycles. The highest BCUT2D eigenvalue weighted by Gasteiger charge is 2.42. The van der Waals surface area contributed by atoms with Crippen molar-refractivity contribution in [3.8, 4) is 5.75 Å². The van der Waals surface area contributed by atoms with E-state index in [-0.39, 0.29) is 0 Å². The molecule has 2 saturated heterocycles. The van der Waals surface area contributed by atoms with E-state index in [0.29, 0.717) is 42.2 Å². The molecule has 5 heteroatoms. The summed E-state index contributed by atoms with van der Waals surface area (Å²) in [7, 11) is 1.70. The summed E-state index contributed by atoms with van der Waals surface area (Å²) in [6.07, 6.45) is 7.34. The van der Waals surface area contributed by atoms with Gasteiger partial charge in [0.25, 0.3) is 0 Å². The number of imidazole rings is 1. The van der Waals surface area contributed by atoms with E-state index >= 15 is 0 Å². The number of aromatic nitrogens is 2. The van der Waals surface area contributed by atoms with Crippen LogP contribution in [0.5, 0.6) is 5.75 Å². The summed E-state index contributed by atoms with van der Waals surface area (Å²) in [4.78, 5) is 23.5. The summed E-state index contributed by atoms with van der Waals surface area (Å²) in [5.74, 6) is 2.52. The maximum absolute atomic E-state index is 12.7. The second-order valence-electron chi connectivity index (χ2n) is 11.1. The van der Waals surface area contributed by atoms with Crippen molar-refractivity contribution < 1.29 is 9.53 Å². The molecule has 2 aromatic rings. The Labute approximate surface area is 192 Å². The topological polar surface area (TPSA) is 58.2 Å². The summed E-state index contributed by atoms with van der Waals surface area (Å²) in [6.45, 7) is 13.8. The Balaban J connectivity index is 1.39. The van der Waals surface area contributed by atoms with Crippen LogP contribution in [0.1, 0.15) is 77.1 Å². The Morgan fingerprint density at radius 2 is 1.94 bits per heavy atom. The quantitative estimate of drug-likeness (QED) is 0.557. The van der Waals surface area contributed by atoms with Crippen LogP contribution in [0.25, 0.3) is 16.6 Å². The summed E-state index contributed by atoms with van der Waals surface area (Å²) in [5.41, 5.74) is 4.35. The molecule has 174 valence electrons. The molecule has 2 bridgehead atoms. The largest absolute Gasteiger partial charge is 0.494 e. The minimum absolute atomic E-state index is 0.303. The number of hydrogen-bond acceptors (Lipinski definition) is 4. The number of ether oxygens (including phenoxy) is 1. The van der Waals surface area contributed by atoms with Crippen LogP contribution < -0.4 is 4.74 Å². The van der Waals surface area contributed by atoms with Gasteiger partial charge in [0.2, 0.25) is 0 Å². The van der Waals surface area contributed by atoms with E-state index in [4.69, 9.17) is 9.72 Å². The van der Waals surface area contributed by atoms with Gasteiger partial charge in [0.05, 0.1) is 19.2 Å². The fraction of sp³-hybridized carbons (Fsp3) is 0.630. The maximum Gasteiger partial charge on any atom is 0.149 e. The lowest BCUT2D eigenvalue weighted by molar-refractivity contribution is -0.121. The zero-order valence-corrected chi connectivity index (χ0v) is 20.5. The maximum atomic E-state index is 12.7. The molecule has 5 nitrogen and oxygen atoms in total. The number of nitrogens with zero attached hydrogens (tertiary/aromatic N) is 2. The highest BCUT2D eigenvalue weighted by Crippen LogP contribution is 2.43. The lowest BCUT2D eigenvalue weighted by Crippen LogP contribution is -2.45. The van der Waals surface area contributed by atoms with Crippen molar-refractivity contribution in [2.24, 2.45) is 11.3 Å². The van der Waals surface area contributed by atoms with Gasteiger partial charge in [-0.2, -0.15) is 0 Å². The van der Waals surface area contributed by atoms with Crippen molar-refractivity contribution >= 4 is 22.4 Å². The molecule has 3 atom stereocenters. The smallest absolute Gasteiger partial charge is 0.149 e. The number of allylic oxidation sites excluding steroid dienone is 1. The lowest BCUT2D eigenvalue weighted by Gasteiger charge is -2.39. The van der Waals surface area contributed by atoms with E-state index in [1.165, 1.54) is 12.8 Å². The van der Waals surface area contributed by atoms with E-state index in [1.54, 1.807) is 7.11 Å². The number of ketones is 1. The van der Waals surface area contributed by atoms with Crippen LogP contribution in [0, 0.1) is 18.3 Å².